The van der Waals surface area contributed by atoms with E-state index in [2.05, 4.69) is 10.3 Å². The van der Waals surface area contributed by atoms with Gasteiger partial charge in [0.05, 0.1) is 27.9 Å². The zero-order valence-electron chi connectivity index (χ0n) is 14.1. The van der Waals surface area contributed by atoms with Gasteiger partial charge in [-0.3, -0.25) is 14.2 Å². The zero-order chi connectivity index (χ0) is 19.6. The van der Waals surface area contributed by atoms with Crippen LogP contribution in [0.3, 0.4) is 0 Å². The molecule has 0 unspecified atom stereocenters. The van der Waals surface area contributed by atoms with Crippen molar-refractivity contribution in [3.8, 4) is 5.69 Å². The van der Waals surface area contributed by atoms with Gasteiger partial charge in [0.1, 0.15) is 0 Å². The SMILES string of the molecule is CNC(=O)CSc1nc2ccccc2c(=O)n1-c1ccccc1C(F)(F)F. The van der Waals surface area contributed by atoms with Crippen molar-refractivity contribution in [2.75, 3.05) is 12.8 Å². The summed E-state index contributed by atoms with van der Waals surface area (Å²) in [4.78, 5) is 28.9. The normalized spacial score (nSPS) is 11.6. The van der Waals surface area contributed by atoms with Gasteiger partial charge in [-0.1, -0.05) is 36.0 Å². The van der Waals surface area contributed by atoms with E-state index in [0.717, 1.165) is 22.4 Å². The number of rotatable bonds is 4. The highest BCUT2D eigenvalue weighted by Gasteiger charge is 2.34. The van der Waals surface area contributed by atoms with E-state index < -0.39 is 17.3 Å². The van der Waals surface area contributed by atoms with E-state index >= 15 is 0 Å². The molecule has 0 bridgehead atoms. The number of carbonyl (C=O) groups is 1. The maximum atomic E-state index is 13.5. The number of alkyl halides is 3. The number of thioether (sulfide) groups is 1. The first-order valence-corrected chi connectivity index (χ1v) is 8.83. The molecule has 3 rings (SSSR count). The predicted octanol–water partition coefficient (Wildman–Crippen LogP) is 3.24. The van der Waals surface area contributed by atoms with Crippen LogP contribution in [0.25, 0.3) is 16.6 Å². The first-order chi connectivity index (χ1) is 12.8. The second kappa shape index (κ2) is 7.43. The third-order valence-corrected chi connectivity index (χ3v) is 4.75. The van der Waals surface area contributed by atoms with Gasteiger partial charge in [0, 0.05) is 7.05 Å². The summed E-state index contributed by atoms with van der Waals surface area (Å²) in [6.45, 7) is 0. The van der Waals surface area contributed by atoms with Crippen LogP contribution in [0.15, 0.2) is 58.5 Å². The Bertz CT molecular complexity index is 1060. The van der Waals surface area contributed by atoms with Gasteiger partial charge in [-0.25, -0.2) is 4.98 Å². The van der Waals surface area contributed by atoms with Crippen LogP contribution in [0.5, 0.6) is 0 Å². The Hall–Kier alpha value is -2.81. The molecule has 1 heterocycles. The number of nitrogens with zero attached hydrogens (tertiary/aromatic N) is 2. The quantitative estimate of drug-likeness (QED) is 0.546. The molecule has 1 amide bonds. The Morgan fingerprint density at radius 2 is 1.81 bits per heavy atom. The Balaban J connectivity index is 2.29. The Morgan fingerprint density at radius 3 is 2.52 bits per heavy atom. The van der Waals surface area contributed by atoms with Crippen LogP contribution in [0.4, 0.5) is 13.2 Å². The van der Waals surface area contributed by atoms with Crippen LogP contribution in [0.2, 0.25) is 0 Å². The highest BCUT2D eigenvalue weighted by Crippen LogP contribution is 2.34. The highest BCUT2D eigenvalue weighted by atomic mass is 32.2. The number of benzene rings is 2. The third-order valence-electron chi connectivity index (χ3n) is 3.81. The molecule has 0 radical (unpaired) electrons. The smallest absolute Gasteiger partial charge is 0.358 e. The summed E-state index contributed by atoms with van der Waals surface area (Å²) in [6, 6.07) is 11.2. The molecule has 0 saturated heterocycles. The van der Waals surface area contributed by atoms with E-state index in [0.29, 0.717) is 5.52 Å². The van der Waals surface area contributed by atoms with Gasteiger partial charge in [-0.05, 0) is 24.3 Å². The topological polar surface area (TPSA) is 64.0 Å². The van der Waals surface area contributed by atoms with Gasteiger partial charge >= 0.3 is 6.18 Å². The third kappa shape index (κ3) is 3.82. The molecule has 0 spiro atoms. The number of nitrogens with one attached hydrogen (secondary N) is 1. The van der Waals surface area contributed by atoms with E-state index in [1.807, 2.05) is 0 Å². The molecule has 0 aliphatic heterocycles. The van der Waals surface area contributed by atoms with Gasteiger partial charge in [-0.2, -0.15) is 13.2 Å². The lowest BCUT2D eigenvalue weighted by Crippen LogP contribution is -2.26. The second-order valence-electron chi connectivity index (χ2n) is 5.53. The Labute approximate surface area is 156 Å². The summed E-state index contributed by atoms with van der Waals surface area (Å²) >= 11 is 0.895. The van der Waals surface area contributed by atoms with Gasteiger partial charge < -0.3 is 5.32 Å². The van der Waals surface area contributed by atoms with E-state index in [4.69, 9.17) is 0 Å². The molecule has 3 aromatic rings. The molecular weight excluding hydrogens is 379 g/mol. The summed E-state index contributed by atoms with van der Waals surface area (Å²) in [5.41, 5.74) is -1.56. The van der Waals surface area contributed by atoms with Crippen molar-refractivity contribution in [2.24, 2.45) is 0 Å². The summed E-state index contributed by atoms with van der Waals surface area (Å²) in [7, 11) is 1.45. The molecular formula is C18H14F3N3O2S. The van der Waals surface area contributed by atoms with Crippen molar-refractivity contribution in [3.63, 3.8) is 0 Å². The number of amides is 1. The summed E-state index contributed by atoms with van der Waals surface area (Å²) in [6.07, 6.45) is -4.65. The number of aromatic nitrogens is 2. The second-order valence-corrected chi connectivity index (χ2v) is 6.47. The lowest BCUT2D eigenvalue weighted by molar-refractivity contribution is -0.137. The van der Waals surface area contributed by atoms with Crippen LogP contribution >= 0.6 is 11.8 Å². The molecule has 140 valence electrons. The first-order valence-electron chi connectivity index (χ1n) is 7.84. The first kappa shape index (κ1) is 19.0. The molecule has 2 aromatic carbocycles. The molecule has 9 heteroatoms. The van der Waals surface area contributed by atoms with Crippen molar-refractivity contribution in [3.05, 3.63) is 64.4 Å². The summed E-state index contributed by atoms with van der Waals surface area (Å²) in [5, 5.41) is 2.63. The summed E-state index contributed by atoms with van der Waals surface area (Å²) < 4.78 is 41.3. The van der Waals surface area contributed by atoms with Crippen LogP contribution < -0.4 is 10.9 Å². The minimum Gasteiger partial charge on any atom is -0.358 e. The minimum absolute atomic E-state index is 0.0130. The number of para-hydroxylation sites is 2. The van der Waals surface area contributed by atoms with Crippen molar-refractivity contribution in [1.29, 1.82) is 0 Å². The highest BCUT2D eigenvalue weighted by molar-refractivity contribution is 7.99. The van der Waals surface area contributed by atoms with E-state index in [-0.39, 0.29) is 27.9 Å². The van der Waals surface area contributed by atoms with Crippen LogP contribution in [-0.2, 0) is 11.0 Å². The maximum Gasteiger partial charge on any atom is 0.418 e. The molecule has 0 saturated carbocycles. The number of hydrogen-bond acceptors (Lipinski definition) is 4. The molecule has 0 atom stereocenters. The van der Waals surface area contributed by atoms with Gasteiger partial charge in [0.2, 0.25) is 5.91 Å². The Kier molecular flexibility index (Phi) is 5.22. The molecule has 0 fully saturated rings. The average Bonchev–Trinajstić information content (AvgIpc) is 2.65. The molecule has 27 heavy (non-hydrogen) atoms. The van der Waals surface area contributed by atoms with E-state index in [1.54, 1.807) is 18.2 Å². The van der Waals surface area contributed by atoms with Gasteiger partial charge in [0.15, 0.2) is 5.16 Å². The lowest BCUT2D eigenvalue weighted by atomic mass is 10.1. The van der Waals surface area contributed by atoms with Crippen molar-refractivity contribution in [1.82, 2.24) is 14.9 Å². The maximum absolute atomic E-state index is 13.5. The van der Waals surface area contributed by atoms with E-state index in [1.165, 1.54) is 31.3 Å². The lowest BCUT2D eigenvalue weighted by Gasteiger charge is -2.17. The molecule has 0 aliphatic carbocycles. The predicted molar refractivity (Wildman–Crippen MR) is 97.1 cm³/mol. The van der Waals surface area contributed by atoms with Gasteiger partial charge in [-0.15, -0.1) is 0 Å². The largest absolute Gasteiger partial charge is 0.418 e. The number of hydrogen-bond donors (Lipinski definition) is 1. The molecule has 0 aliphatic rings. The molecule has 1 N–H and O–H groups in total. The molecule has 1 aromatic heterocycles. The molecule has 5 nitrogen and oxygen atoms in total. The number of fused-ring (bicyclic) bond motifs is 1. The fourth-order valence-corrected chi connectivity index (χ4v) is 3.41. The standard InChI is InChI=1S/C18H14F3N3O2S/c1-22-15(25)10-27-17-23-13-8-4-2-6-11(13)16(26)24(17)14-9-5-3-7-12(14)18(19,20)21/h2-9H,10H2,1H3,(H,22,25). The Morgan fingerprint density at radius 1 is 1.15 bits per heavy atom. The van der Waals surface area contributed by atoms with E-state index in [9.17, 15) is 22.8 Å². The fourth-order valence-electron chi connectivity index (χ4n) is 2.53. The minimum atomic E-state index is -4.65. The zero-order valence-corrected chi connectivity index (χ0v) is 14.9. The number of carbonyl (C=O) groups excluding carboxylic acids is 1. The monoisotopic (exact) mass is 393 g/mol. The van der Waals surface area contributed by atoms with Crippen molar-refractivity contribution >= 4 is 28.6 Å². The van der Waals surface area contributed by atoms with Crippen LogP contribution in [0.1, 0.15) is 5.56 Å². The fraction of sp³-hybridized carbons (Fsp3) is 0.167. The van der Waals surface area contributed by atoms with Crippen molar-refractivity contribution < 1.29 is 18.0 Å². The van der Waals surface area contributed by atoms with Gasteiger partial charge in [0.25, 0.3) is 5.56 Å². The average molecular weight is 393 g/mol. The summed E-state index contributed by atoms with van der Waals surface area (Å²) in [5.74, 6) is -0.423. The number of halogens is 3. The van der Waals surface area contributed by atoms with Crippen LogP contribution in [0, 0.1) is 0 Å². The van der Waals surface area contributed by atoms with Crippen LogP contribution in [-0.4, -0.2) is 28.3 Å². The van der Waals surface area contributed by atoms with Crippen molar-refractivity contribution in [2.45, 2.75) is 11.3 Å².